The quantitative estimate of drug-likeness (QED) is 0.814. The van der Waals surface area contributed by atoms with Crippen LogP contribution in [0.15, 0.2) is 42.5 Å². The Morgan fingerprint density at radius 1 is 0.960 bits per heavy atom. The molecule has 2 atom stereocenters. The summed E-state index contributed by atoms with van der Waals surface area (Å²) in [6, 6.07) is 11.9. The summed E-state index contributed by atoms with van der Waals surface area (Å²) in [4.78, 5) is 36.3. The van der Waals surface area contributed by atoms with Gasteiger partial charge in [-0.1, -0.05) is 43.3 Å². The molecule has 6 nitrogen and oxygen atoms in total. The van der Waals surface area contributed by atoms with Crippen LogP contribution >= 0.6 is 0 Å². The number of methoxy groups -OCH3 is 2. The third-order valence-electron chi connectivity index (χ3n) is 4.02. The maximum Gasteiger partial charge on any atom is 0.328 e. The molecule has 0 fully saturated rings. The summed E-state index contributed by atoms with van der Waals surface area (Å²) >= 11 is 0. The van der Waals surface area contributed by atoms with Gasteiger partial charge in [-0.25, -0.2) is 4.79 Å². The number of fused-ring (bicyclic) bond motifs is 1. The lowest BCUT2D eigenvalue weighted by atomic mass is 10.00. The van der Waals surface area contributed by atoms with Crippen molar-refractivity contribution in [2.45, 2.75) is 19.4 Å². The third-order valence-corrected chi connectivity index (χ3v) is 4.02. The van der Waals surface area contributed by atoms with Crippen molar-refractivity contribution in [3.8, 4) is 0 Å². The number of amides is 1. The standard InChI is InChI=1S/C19H21NO5/c1-12(18(22)24-2)11-16(19(23)25-3)20-17(21)15-10-6-8-13-7-4-5-9-14(13)15/h4-10,12,16H,11H2,1-3H3,(H,20,21)/t12-,16+/m0/s1. The highest BCUT2D eigenvalue weighted by Crippen LogP contribution is 2.19. The molecule has 132 valence electrons. The van der Waals surface area contributed by atoms with Crippen molar-refractivity contribution >= 4 is 28.6 Å². The molecule has 0 aliphatic rings. The van der Waals surface area contributed by atoms with Gasteiger partial charge in [0.2, 0.25) is 0 Å². The summed E-state index contributed by atoms with van der Waals surface area (Å²) in [5.41, 5.74) is 0.456. The fourth-order valence-electron chi connectivity index (χ4n) is 2.67. The first-order chi connectivity index (χ1) is 12.0. The fraction of sp³-hybridized carbons (Fsp3) is 0.316. The van der Waals surface area contributed by atoms with Gasteiger partial charge >= 0.3 is 11.9 Å². The van der Waals surface area contributed by atoms with Crippen LogP contribution < -0.4 is 5.32 Å². The van der Waals surface area contributed by atoms with Crippen molar-refractivity contribution in [3.63, 3.8) is 0 Å². The Morgan fingerprint density at radius 2 is 1.60 bits per heavy atom. The molecular formula is C19H21NO5. The van der Waals surface area contributed by atoms with Crippen molar-refractivity contribution in [1.29, 1.82) is 0 Å². The number of esters is 2. The van der Waals surface area contributed by atoms with Crippen LogP contribution in [0, 0.1) is 5.92 Å². The van der Waals surface area contributed by atoms with Gasteiger partial charge in [0, 0.05) is 5.56 Å². The second-order valence-corrected chi connectivity index (χ2v) is 5.74. The van der Waals surface area contributed by atoms with E-state index in [0.717, 1.165) is 10.8 Å². The minimum atomic E-state index is -0.939. The monoisotopic (exact) mass is 343 g/mol. The summed E-state index contributed by atoms with van der Waals surface area (Å²) in [6.07, 6.45) is 0.0931. The van der Waals surface area contributed by atoms with E-state index in [1.165, 1.54) is 14.2 Å². The predicted molar refractivity (Wildman–Crippen MR) is 93.0 cm³/mol. The van der Waals surface area contributed by atoms with E-state index in [1.807, 2.05) is 30.3 Å². The summed E-state index contributed by atoms with van der Waals surface area (Å²) in [5.74, 6) is -2.01. The van der Waals surface area contributed by atoms with Crippen LogP contribution in [0.3, 0.4) is 0 Å². The molecule has 0 heterocycles. The third kappa shape index (κ3) is 4.35. The van der Waals surface area contributed by atoms with Crippen LogP contribution in [-0.4, -0.2) is 38.1 Å². The number of nitrogens with one attached hydrogen (secondary N) is 1. The molecular weight excluding hydrogens is 322 g/mol. The second kappa shape index (κ2) is 8.28. The van der Waals surface area contributed by atoms with Crippen molar-refractivity contribution in [2.75, 3.05) is 14.2 Å². The van der Waals surface area contributed by atoms with E-state index in [4.69, 9.17) is 4.74 Å². The zero-order chi connectivity index (χ0) is 18.4. The van der Waals surface area contributed by atoms with E-state index >= 15 is 0 Å². The Kier molecular flexibility index (Phi) is 6.11. The summed E-state index contributed by atoms with van der Waals surface area (Å²) in [6.45, 7) is 1.63. The number of rotatable bonds is 6. The van der Waals surface area contributed by atoms with E-state index < -0.39 is 29.8 Å². The van der Waals surface area contributed by atoms with Crippen LogP contribution in [0.2, 0.25) is 0 Å². The molecule has 2 aromatic rings. The van der Waals surface area contributed by atoms with Crippen molar-refractivity contribution in [1.82, 2.24) is 5.32 Å². The molecule has 6 heteroatoms. The van der Waals surface area contributed by atoms with Gasteiger partial charge in [0.1, 0.15) is 6.04 Å². The van der Waals surface area contributed by atoms with Crippen molar-refractivity contribution in [3.05, 3.63) is 48.0 Å². The van der Waals surface area contributed by atoms with Gasteiger partial charge in [-0.05, 0) is 23.3 Å². The average molecular weight is 343 g/mol. The zero-order valence-electron chi connectivity index (χ0n) is 14.4. The van der Waals surface area contributed by atoms with Crippen LogP contribution in [0.1, 0.15) is 23.7 Å². The maximum absolute atomic E-state index is 12.7. The zero-order valence-corrected chi connectivity index (χ0v) is 14.4. The summed E-state index contributed by atoms with van der Waals surface area (Å²) < 4.78 is 9.41. The van der Waals surface area contributed by atoms with Gasteiger partial charge in [0.15, 0.2) is 0 Å². The lowest BCUT2D eigenvalue weighted by Gasteiger charge is -2.19. The molecule has 0 aromatic heterocycles. The number of hydrogen-bond donors (Lipinski definition) is 1. The fourth-order valence-corrected chi connectivity index (χ4v) is 2.67. The molecule has 0 spiro atoms. The van der Waals surface area contributed by atoms with Gasteiger partial charge in [0.05, 0.1) is 20.1 Å². The van der Waals surface area contributed by atoms with E-state index in [2.05, 4.69) is 10.1 Å². The first-order valence-corrected chi connectivity index (χ1v) is 7.92. The molecule has 2 rings (SSSR count). The number of carbonyl (C=O) groups is 3. The molecule has 1 N–H and O–H groups in total. The predicted octanol–water partition coefficient (Wildman–Crippen LogP) is 2.31. The molecule has 0 saturated carbocycles. The molecule has 0 unspecified atom stereocenters. The smallest absolute Gasteiger partial charge is 0.328 e. The number of benzene rings is 2. The molecule has 1 amide bonds. The Balaban J connectivity index is 2.24. The largest absolute Gasteiger partial charge is 0.469 e. The van der Waals surface area contributed by atoms with Gasteiger partial charge in [0.25, 0.3) is 5.91 Å². The minimum absolute atomic E-state index is 0.0931. The molecule has 0 aliphatic carbocycles. The van der Waals surface area contributed by atoms with Gasteiger partial charge in [-0.2, -0.15) is 0 Å². The Morgan fingerprint density at radius 3 is 2.28 bits per heavy atom. The first kappa shape index (κ1) is 18.4. The van der Waals surface area contributed by atoms with Crippen LogP contribution in [-0.2, 0) is 19.1 Å². The topological polar surface area (TPSA) is 81.7 Å². The molecule has 0 radical (unpaired) electrons. The van der Waals surface area contributed by atoms with Crippen LogP contribution in [0.5, 0.6) is 0 Å². The Labute approximate surface area is 146 Å². The van der Waals surface area contributed by atoms with E-state index in [9.17, 15) is 14.4 Å². The highest BCUT2D eigenvalue weighted by Gasteiger charge is 2.28. The van der Waals surface area contributed by atoms with E-state index in [0.29, 0.717) is 5.56 Å². The first-order valence-electron chi connectivity index (χ1n) is 7.92. The van der Waals surface area contributed by atoms with Crippen LogP contribution in [0.4, 0.5) is 0 Å². The highest BCUT2D eigenvalue weighted by molar-refractivity contribution is 6.08. The van der Waals surface area contributed by atoms with Crippen molar-refractivity contribution in [2.24, 2.45) is 5.92 Å². The summed E-state index contributed by atoms with van der Waals surface area (Å²) in [7, 11) is 2.52. The van der Waals surface area contributed by atoms with E-state index in [1.54, 1.807) is 19.1 Å². The average Bonchev–Trinajstić information content (AvgIpc) is 2.65. The number of ether oxygens (including phenoxy) is 2. The molecule has 0 bridgehead atoms. The van der Waals surface area contributed by atoms with Gasteiger partial charge in [-0.15, -0.1) is 0 Å². The SMILES string of the molecule is COC(=O)[C@@H](C)C[C@@H](NC(=O)c1cccc2ccccc12)C(=O)OC. The lowest BCUT2D eigenvalue weighted by Crippen LogP contribution is -2.43. The molecule has 0 saturated heterocycles. The van der Waals surface area contributed by atoms with E-state index in [-0.39, 0.29) is 6.42 Å². The van der Waals surface area contributed by atoms with Crippen molar-refractivity contribution < 1.29 is 23.9 Å². The molecule has 2 aromatic carbocycles. The van der Waals surface area contributed by atoms with Crippen LogP contribution in [0.25, 0.3) is 10.8 Å². The number of carbonyl (C=O) groups excluding carboxylic acids is 3. The maximum atomic E-state index is 12.7. The van der Waals surface area contributed by atoms with Gasteiger partial charge < -0.3 is 14.8 Å². The Hall–Kier alpha value is -2.89. The molecule has 0 aliphatic heterocycles. The summed E-state index contributed by atoms with van der Waals surface area (Å²) in [5, 5.41) is 4.37. The normalized spacial score (nSPS) is 12.9. The minimum Gasteiger partial charge on any atom is -0.469 e. The lowest BCUT2D eigenvalue weighted by molar-refractivity contribution is -0.147. The number of hydrogen-bond acceptors (Lipinski definition) is 5. The second-order valence-electron chi connectivity index (χ2n) is 5.74. The Bertz CT molecular complexity index is 781. The van der Waals surface area contributed by atoms with Gasteiger partial charge in [-0.3, -0.25) is 9.59 Å². The highest BCUT2D eigenvalue weighted by atomic mass is 16.5. The molecule has 25 heavy (non-hydrogen) atoms.